The Kier molecular flexibility index (Phi) is 4.29. The lowest BCUT2D eigenvalue weighted by Crippen LogP contribution is -2.14. The number of aryl methyl sites for hydroxylation is 1. The van der Waals surface area contributed by atoms with Crippen LogP contribution in [0.5, 0.6) is 5.75 Å². The van der Waals surface area contributed by atoms with Gasteiger partial charge in [-0.3, -0.25) is 4.79 Å². The highest BCUT2D eigenvalue weighted by atomic mass is 79.9. The maximum Gasteiger partial charge on any atom is 0.257 e. The van der Waals surface area contributed by atoms with E-state index in [9.17, 15) is 4.79 Å². The van der Waals surface area contributed by atoms with Gasteiger partial charge in [0.25, 0.3) is 5.91 Å². The van der Waals surface area contributed by atoms with Crippen LogP contribution < -0.4 is 15.8 Å². The Balaban J connectivity index is 2.25. The van der Waals surface area contributed by atoms with Crippen molar-refractivity contribution < 1.29 is 9.53 Å². The minimum Gasteiger partial charge on any atom is -0.497 e. The Morgan fingerprint density at radius 1 is 1.25 bits per heavy atom. The van der Waals surface area contributed by atoms with E-state index in [0.29, 0.717) is 22.7 Å². The molecule has 0 spiro atoms. The summed E-state index contributed by atoms with van der Waals surface area (Å²) in [5.74, 6) is 0.411. The zero-order valence-electron chi connectivity index (χ0n) is 11.2. The maximum absolute atomic E-state index is 12.2. The summed E-state index contributed by atoms with van der Waals surface area (Å²) in [6.07, 6.45) is 0. The second-order valence-electron chi connectivity index (χ2n) is 4.42. The summed E-state index contributed by atoms with van der Waals surface area (Å²) in [6, 6.07) is 10.7. The number of hydrogen-bond donors (Lipinski definition) is 2. The van der Waals surface area contributed by atoms with Gasteiger partial charge in [-0.2, -0.15) is 0 Å². The van der Waals surface area contributed by atoms with Gasteiger partial charge in [-0.05, 0) is 36.8 Å². The molecule has 5 heteroatoms. The molecule has 104 valence electrons. The van der Waals surface area contributed by atoms with Gasteiger partial charge in [-0.15, -0.1) is 0 Å². The van der Waals surface area contributed by atoms with E-state index in [1.807, 2.05) is 19.1 Å². The Labute approximate surface area is 126 Å². The van der Waals surface area contributed by atoms with Gasteiger partial charge in [0.2, 0.25) is 0 Å². The Bertz CT molecular complexity index is 656. The van der Waals surface area contributed by atoms with E-state index >= 15 is 0 Å². The number of nitrogens with one attached hydrogen (secondary N) is 1. The minimum atomic E-state index is -0.248. The molecular formula is C15H15BrN2O2. The van der Waals surface area contributed by atoms with Crippen LogP contribution >= 0.6 is 15.9 Å². The molecule has 0 aromatic heterocycles. The van der Waals surface area contributed by atoms with Gasteiger partial charge < -0.3 is 15.8 Å². The molecule has 2 rings (SSSR count). The van der Waals surface area contributed by atoms with Gasteiger partial charge >= 0.3 is 0 Å². The van der Waals surface area contributed by atoms with Crippen molar-refractivity contribution in [2.24, 2.45) is 0 Å². The zero-order valence-corrected chi connectivity index (χ0v) is 12.8. The number of amides is 1. The van der Waals surface area contributed by atoms with Crippen LogP contribution in [-0.4, -0.2) is 13.0 Å². The van der Waals surface area contributed by atoms with Crippen molar-refractivity contribution in [3.05, 3.63) is 52.0 Å². The third-order valence-corrected chi connectivity index (χ3v) is 3.27. The first-order valence-corrected chi connectivity index (χ1v) is 6.81. The summed E-state index contributed by atoms with van der Waals surface area (Å²) in [6.45, 7) is 1.93. The maximum atomic E-state index is 12.2. The molecule has 0 fully saturated rings. The average molecular weight is 335 g/mol. The second-order valence-corrected chi connectivity index (χ2v) is 5.34. The third-order valence-electron chi connectivity index (χ3n) is 2.82. The molecule has 0 aliphatic carbocycles. The van der Waals surface area contributed by atoms with E-state index in [0.717, 1.165) is 10.0 Å². The SMILES string of the molecule is COc1cc(Br)cc(NC(=O)c2ccc(C)cc2N)c1. The normalized spacial score (nSPS) is 10.2. The first-order valence-electron chi connectivity index (χ1n) is 6.01. The molecule has 3 N–H and O–H groups in total. The molecule has 2 aromatic rings. The first-order chi connectivity index (χ1) is 9.49. The molecule has 0 bridgehead atoms. The predicted octanol–water partition coefficient (Wildman–Crippen LogP) is 3.60. The van der Waals surface area contributed by atoms with Crippen LogP contribution in [0.2, 0.25) is 0 Å². The Hall–Kier alpha value is -2.01. The molecule has 1 amide bonds. The van der Waals surface area contributed by atoms with Crippen molar-refractivity contribution in [3.8, 4) is 5.75 Å². The van der Waals surface area contributed by atoms with Gasteiger partial charge in [0.1, 0.15) is 5.75 Å². The summed E-state index contributed by atoms with van der Waals surface area (Å²) in [7, 11) is 1.57. The molecule has 0 saturated heterocycles. The summed E-state index contributed by atoms with van der Waals surface area (Å²) in [5, 5.41) is 2.81. The lowest BCUT2D eigenvalue weighted by molar-refractivity contribution is 0.102. The number of halogens is 1. The highest BCUT2D eigenvalue weighted by Crippen LogP contribution is 2.25. The fraction of sp³-hybridized carbons (Fsp3) is 0.133. The predicted molar refractivity (Wildman–Crippen MR) is 84.2 cm³/mol. The van der Waals surface area contributed by atoms with Gasteiger partial charge in [-0.1, -0.05) is 22.0 Å². The lowest BCUT2D eigenvalue weighted by atomic mass is 10.1. The largest absolute Gasteiger partial charge is 0.497 e. The molecule has 0 unspecified atom stereocenters. The molecular weight excluding hydrogens is 320 g/mol. The highest BCUT2D eigenvalue weighted by molar-refractivity contribution is 9.10. The van der Waals surface area contributed by atoms with Crippen molar-refractivity contribution in [2.45, 2.75) is 6.92 Å². The second kappa shape index (κ2) is 5.96. The van der Waals surface area contributed by atoms with Crippen LogP contribution in [0.4, 0.5) is 11.4 Å². The van der Waals surface area contributed by atoms with Gasteiger partial charge in [0.05, 0.1) is 12.7 Å². The van der Waals surface area contributed by atoms with Gasteiger partial charge in [0.15, 0.2) is 0 Å². The third kappa shape index (κ3) is 3.30. The standard InChI is InChI=1S/C15H15BrN2O2/c1-9-3-4-13(14(17)5-9)15(19)18-11-6-10(16)7-12(8-11)20-2/h3-8H,17H2,1-2H3,(H,18,19). The van der Waals surface area contributed by atoms with E-state index in [2.05, 4.69) is 21.2 Å². The van der Waals surface area contributed by atoms with Crippen molar-refractivity contribution in [1.29, 1.82) is 0 Å². The highest BCUT2D eigenvalue weighted by Gasteiger charge is 2.11. The van der Waals surface area contributed by atoms with Crippen molar-refractivity contribution in [2.75, 3.05) is 18.2 Å². The number of methoxy groups -OCH3 is 1. The number of carbonyl (C=O) groups excluding carboxylic acids is 1. The van der Waals surface area contributed by atoms with Crippen molar-refractivity contribution in [3.63, 3.8) is 0 Å². The smallest absolute Gasteiger partial charge is 0.257 e. The van der Waals surface area contributed by atoms with E-state index in [1.54, 1.807) is 31.4 Å². The number of ether oxygens (including phenoxy) is 1. The number of anilines is 2. The molecule has 0 saturated carbocycles. The number of carbonyl (C=O) groups is 1. The fourth-order valence-corrected chi connectivity index (χ4v) is 2.31. The molecule has 4 nitrogen and oxygen atoms in total. The lowest BCUT2D eigenvalue weighted by Gasteiger charge is -2.10. The van der Waals surface area contributed by atoms with Gasteiger partial charge in [0, 0.05) is 21.9 Å². The number of rotatable bonds is 3. The van der Waals surface area contributed by atoms with Crippen molar-refractivity contribution >= 4 is 33.2 Å². The van der Waals surface area contributed by atoms with E-state index in [1.165, 1.54) is 0 Å². The summed E-state index contributed by atoms with van der Waals surface area (Å²) in [5.41, 5.74) is 8.44. The Morgan fingerprint density at radius 2 is 2.00 bits per heavy atom. The number of benzene rings is 2. The average Bonchev–Trinajstić information content (AvgIpc) is 2.37. The van der Waals surface area contributed by atoms with Gasteiger partial charge in [-0.25, -0.2) is 0 Å². The molecule has 0 aliphatic rings. The van der Waals surface area contributed by atoms with E-state index in [4.69, 9.17) is 10.5 Å². The monoisotopic (exact) mass is 334 g/mol. The van der Waals surface area contributed by atoms with Crippen LogP contribution in [-0.2, 0) is 0 Å². The topological polar surface area (TPSA) is 64.3 Å². The van der Waals surface area contributed by atoms with Crippen molar-refractivity contribution in [1.82, 2.24) is 0 Å². The molecule has 0 atom stereocenters. The van der Waals surface area contributed by atoms with Crippen LogP contribution in [0.1, 0.15) is 15.9 Å². The molecule has 0 radical (unpaired) electrons. The molecule has 0 heterocycles. The molecule has 0 aliphatic heterocycles. The number of nitrogen functional groups attached to an aromatic ring is 1. The summed E-state index contributed by atoms with van der Waals surface area (Å²) >= 11 is 3.37. The minimum absolute atomic E-state index is 0.248. The number of hydrogen-bond acceptors (Lipinski definition) is 3. The summed E-state index contributed by atoms with van der Waals surface area (Å²) < 4.78 is 5.98. The van der Waals surface area contributed by atoms with E-state index in [-0.39, 0.29) is 5.91 Å². The quantitative estimate of drug-likeness (QED) is 0.843. The van der Waals surface area contributed by atoms with Crippen LogP contribution in [0.25, 0.3) is 0 Å². The van der Waals surface area contributed by atoms with Crippen LogP contribution in [0, 0.1) is 6.92 Å². The van der Waals surface area contributed by atoms with Crippen LogP contribution in [0.15, 0.2) is 40.9 Å². The zero-order chi connectivity index (χ0) is 14.7. The first kappa shape index (κ1) is 14.4. The Morgan fingerprint density at radius 3 is 2.65 bits per heavy atom. The van der Waals surface area contributed by atoms with E-state index < -0.39 is 0 Å². The summed E-state index contributed by atoms with van der Waals surface area (Å²) in [4.78, 5) is 12.2. The molecule has 2 aromatic carbocycles. The number of nitrogens with two attached hydrogens (primary N) is 1. The molecule has 20 heavy (non-hydrogen) atoms. The van der Waals surface area contributed by atoms with Crippen LogP contribution in [0.3, 0.4) is 0 Å². The fourth-order valence-electron chi connectivity index (χ4n) is 1.84.